The standard InChI is InChI=1S/C40H42F3N3O4/c1-27-23-46(28(2)26-47)39(49)34-10-7-11-35(44-37(48)22-31-18-20-33(21-19-31)40(41,42)43)38(34)50-36(27)25-45(3)24-32-16-14-30(15-17-32)13-12-29-8-5-4-6-9-29/h4-21,27-28,36,47H,22-26H2,1-3H3,(H,44,48)/b13-12+/t27-,28+,36-/m1/s1. The van der Waals surface area contributed by atoms with E-state index < -0.39 is 29.8 Å². The van der Waals surface area contributed by atoms with E-state index in [0.29, 0.717) is 25.2 Å². The molecule has 4 aromatic carbocycles. The molecular formula is C40H42F3N3O4. The van der Waals surface area contributed by atoms with Crippen molar-refractivity contribution in [2.75, 3.05) is 32.1 Å². The number of rotatable bonds is 11. The molecule has 0 saturated heterocycles. The van der Waals surface area contributed by atoms with Crippen LogP contribution in [0.2, 0.25) is 0 Å². The van der Waals surface area contributed by atoms with Crippen molar-refractivity contribution in [1.82, 2.24) is 9.80 Å². The van der Waals surface area contributed by atoms with Crippen LogP contribution < -0.4 is 10.1 Å². The zero-order chi connectivity index (χ0) is 35.8. The highest BCUT2D eigenvalue weighted by Crippen LogP contribution is 2.35. The first-order chi connectivity index (χ1) is 23.9. The van der Waals surface area contributed by atoms with E-state index >= 15 is 0 Å². The Balaban J connectivity index is 1.33. The molecule has 1 aliphatic heterocycles. The van der Waals surface area contributed by atoms with Crippen molar-refractivity contribution in [2.45, 2.75) is 45.1 Å². The molecule has 0 aliphatic carbocycles. The number of hydrogen-bond donors (Lipinski definition) is 2. The molecule has 0 spiro atoms. The summed E-state index contributed by atoms with van der Waals surface area (Å²) in [7, 11) is 2.00. The second-order valence-electron chi connectivity index (χ2n) is 12.9. The van der Waals surface area contributed by atoms with E-state index in [0.717, 1.165) is 28.8 Å². The fraction of sp³-hybridized carbons (Fsp3) is 0.300. The van der Waals surface area contributed by atoms with Crippen molar-refractivity contribution in [3.63, 3.8) is 0 Å². The van der Waals surface area contributed by atoms with Crippen LogP contribution in [0, 0.1) is 5.92 Å². The van der Waals surface area contributed by atoms with Gasteiger partial charge in [-0.3, -0.25) is 14.5 Å². The number of ether oxygens (including phenoxy) is 1. The van der Waals surface area contributed by atoms with Gasteiger partial charge in [0.15, 0.2) is 5.75 Å². The lowest BCUT2D eigenvalue weighted by Gasteiger charge is -2.38. The second-order valence-corrected chi connectivity index (χ2v) is 12.9. The molecule has 7 nitrogen and oxygen atoms in total. The van der Waals surface area contributed by atoms with Crippen LogP contribution in [0.3, 0.4) is 0 Å². The number of carbonyl (C=O) groups is 2. The molecule has 0 bridgehead atoms. The fourth-order valence-corrected chi connectivity index (χ4v) is 5.93. The molecule has 0 unspecified atom stereocenters. The minimum absolute atomic E-state index is 0.148. The van der Waals surface area contributed by atoms with Gasteiger partial charge in [0.2, 0.25) is 5.91 Å². The van der Waals surface area contributed by atoms with Crippen LogP contribution in [-0.2, 0) is 23.9 Å². The number of nitrogens with zero attached hydrogens (tertiary/aromatic N) is 2. The van der Waals surface area contributed by atoms with Crippen LogP contribution in [0.25, 0.3) is 12.2 Å². The monoisotopic (exact) mass is 685 g/mol. The normalized spacial score (nSPS) is 17.2. The summed E-state index contributed by atoms with van der Waals surface area (Å²) >= 11 is 0. The van der Waals surface area contributed by atoms with Crippen molar-refractivity contribution >= 4 is 29.7 Å². The molecule has 50 heavy (non-hydrogen) atoms. The highest BCUT2D eigenvalue weighted by Gasteiger charge is 2.35. The Kier molecular flexibility index (Phi) is 11.8. The van der Waals surface area contributed by atoms with Gasteiger partial charge in [0.1, 0.15) is 6.10 Å². The van der Waals surface area contributed by atoms with Gasteiger partial charge in [-0.1, -0.05) is 91.9 Å². The Morgan fingerprint density at radius 2 is 1.60 bits per heavy atom. The second kappa shape index (κ2) is 16.2. The zero-order valence-electron chi connectivity index (χ0n) is 28.4. The Hall–Kier alpha value is -4.93. The summed E-state index contributed by atoms with van der Waals surface area (Å²) in [6, 6.07) is 27.3. The SMILES string of the molecule is C[C@@H]1CN([C@@H](C)CO)C(=O)c2cccc(NC(=O)Cc3ccc(C(F)(F)F)cc3)c2O[C@@H]1CN(C)Cc1ccc(/C=C/c2ccccc2)cc1. The number of amides is 2. The first-order valence-electron chi connectivity index (χ1n) is 16.6. The number of benzene rings is 4. The zero-order valence-corrected chi connectivity index (χ0v) is 28.4. The van der Waals surface area contributed by atoms with E-state index in [9.17, 15) is 27.9 Å². The summed E-state index contributed by atoms with van der Waals surface area (Å²) in [5.74, 6) is -0.737. The van der Waals surface area contributed by atoms with Gasteiger partial charge >= 0.3 is 6.18 Å². The summed E-state index contributed by atoms with van der Waals surface area (Å²) < 4.78 is 45.7. The van der Waals surface area contributed by atoms with Crippen LogP contribution in [0.4, 0.5) is 18.9 Å². The number of hydrogen-bond acceptors (Lipinski definition) is 5. The smallest absolute Gasteiger partial charge is 0.416 e. The van der Waals surface area contributed by atoms with Crippen molar-refractivity contribution in [1.29, 1.82) is 0 Å². The maximum absolute atomic E-state index is 13.8. The van der Waals surface area contributed by atoms with Gasteiger partial charge in [-0.2, -0.15) is 13.2 Å². The molecule has 0 radical (unpaired) electrons. The van der Waals surface area contributed by atoms with Crippen LogP contribution >= 0.6 is 0 Å². The fourth-order valence-electron chi connectivity index (χ4n) is 5.93. The average Bonchev–Trinajstić information content (AvgIpc) is 3.09. The predicted octanol–water partition coefficient (Wildman–Crippen LogP) is 7.41. The number of likely N-dealkylation sites (N-methyl/N-ethyl adjacent to an activating group) is 1. The molecule has 262 valence electrons. The molecule has 2 N–H and O–H groups in total. The minimum Gasteiger partial charge on any atom is -0.486 e. The number of aliphatic hydroxyl groups excluding tert-OH is 1. The van der Waals surface area contributed by atoms with E-state index in [1.165, 1.54) is 12.1 Å². The first-order valence-corrected chi connectivity index (χ1v) is 16.6. The van der Waals surface area contributed by atoms with Crippen molar-refractivity contribution < 1.29 is 32.6 Å². The molecule has 0 aromatic heterocycles. The first kappa shape index (κ1) is 36.4. The number of halogens is 3. The van der Waals surface area contributed by atoms with Crippen LogP contribution in [0.5, 0.6) is 5.75 Å². The van der Waals surface area contributed by atoms with Crippen LogP contribution in [0.1, 0.15) is 52.0 Å². The Labute approximate surface area is 291 Å². The van der Waals surface area contributed by atoms with E-state index in [1.54, 1.807) is 30.0 Å². The van der Waals surface area contributed by atoms with Crippen molar-refractivity contribution in [3.8, 4) is 5.75 Å². The maximum Gasteiger partial charge on any atom is 0.416 e. The third kappa shape index (κ3) is 9.40. The van der Waals surface area contributed by atoms with Crippen molar-refractivity contribution in [2.24, 2.45) is 5.92 Å². The molecule has 4 aromatic rings. The molecule has 3 atom stereocenters. The number of alkyl halides is 3. The Morgan fingerprint density at radius 1 is 0.960 bits per heavy atom. The molecule has 5 rings (SSSR count). The molecule has 0 fully saturated rings. The molecule has 1 heterocycles. The number of fused-ring (bicyclic) bond motifs is 1. The summed E-state index contributed by atoms with van der Waals surface area (Å²) in [5.41, 5.74) is 3.47. The van der Waals surface area contributed by atoms with Gasteiger partial charge < -0.3 is 20.1 Å². The van der Waals surface area contributed by atoms with Crippen LogP contribution in [0.15, 0.2) is 97.1 Å². The number of nitrogens with one attached hydrogen (secondary N) is 1. The Morgan fingerprint density at radius 3 is 2.24 bits per heavy atom. The number of aliphatic hydroxyl groups is 1. The van der Waals surface area contributed by atoms with Crippen LogP contribution in [-0.4, -0.2) is 65.6 Å². The third-order valence-electron chi connectivity index (χ3n) is 8.80. The van der Waals surface area contributed by atoms with Gasteiger partial charge in [0.05, 0.1) is 35.9 Å². The van der Waals surface area contributed by atoms with Crippen molar-refractivity contribution in [3.05, 3.63) is 130 Å². The van der Waals surface area contributed by atoms with E-state index in [-0.39, 0.29) is 41.9 Å². The summed E-state index contributed by atoms with van der Waals surface area (Å²) in [4.78, 5) is 30.7. The maximum atomic E-state index is 13.8. The van der Waals surface area contributed by atoms with Gasteiger partial charge in [0.25, 0.3) is 5.91 Å². The highest BCUT2D eigenvalue weighted by atomic mass is 19.4. The molecular weight excluding hydrogens is 643 g/mol. The predicted molar refractivity (Wildman–Crippen MR) is 190 cm³/mol. The van der Waals surface area contributed by atoms with E-state index in [2.05, 4.69) is 58.8 Å². The lowest BCUT2D eigenvalue weighted by molar-refractivity contribution is -0.137. The van der Waals surface area contributed by atoms with Gasteiger partial charge in [-0.15, -0.1) is 0 Å². The van der Waals surface area contributed by atoms with E-state index in [1.807, 2.05) is 32.2 Å². The quantitative estimate of drug-likeness (QED) is 0.161. The van der Waals surface area contributed by atoms with Gasteiger partial charge in [-0.25, -0.2) is 0 Å². The molecule has 2 amide bonds. The van der Waals surface area contributed by atoms with Gasteiger partial charge in [0, 0.05) is 25.6 Å². The summed E-state index contributed by atoms with van der Waals surface area (Å²) in [6.45, 7) is 5.05. The summed E-state index contributed by atoms with van der Waals surface area (Å²) in [6.07, 6.45) is -0.902. The number of anilines is 1. The number of para-hydroxylation sites is 1. The van der Waals surface area contributed by atoms with E-state index in [4.69, 9.17) is 4.74 Å². The largest absolute Gasteiger partial charge is 0.486 e. The topological polar surface area (TPSA) is 82.1 Å². The number of carbonyl (C=O) groups excluding carboxylic acids is 2. The Bertz CT molecular complexity index is 1780. The molecule has 1 aliphatic rings. The average molecular weight is 686 g/mol. The lowest BCUT2D eigenvalue weighted by atomic mass is 9.98. The molecule has 0 saturated carbocycles. The molecule has 10 heteroatoms. The minimum atomic E-state index is -4.47. The lowest BCUT2D eigenvalue weighted by Crippen LogP contribution is -2.49. The summed E-state index contributed by atoms with van der Waals surface area (Å²) in [5, 5.41) is 12.8. The van der Waals surface area contributed by atoms with Gasteiger partial charge in [-0.05, 0) is 60.5 Å². The highest BCUT2D eigenvalue weighted by molar-refractivity contribution is 6.02. The third-order valence-corrected chi connectivity index (χ3v) is 8.80.